The zero-order valence-corrected chi connectivity index (χ0v) is 16.8. The lowest BCUT2D eigenvalue weighted by atomic mass is 9.95. The van der Waals surface area contributed by atoms with Crippen LogP contribution in [-0.4, -0.2) is 55.2 Å². The van der Waals surface area contributed by atoms with Gasteiger partial charge in [-0.25, -0.2) is 0 Å². The van der Waals surface area contributed by atoms with E-state index in [4.69, 9.17) is 15.2 Å². The zero-order chi connectivity index (χ0) is 19.4. The molecule has 1 unspecified atom stereocenters. The van der Waals surface area contributed by atoms with Crippen LogP contribution < -0.4 is 20.5 Å². The molecule has 1 heterocycles. The average molecular weight is 402 g/mol. The molecule has 1 aromatic carbocycles. The van der Waals surface area contributed by atoms with E-state index < -0.39 is 12.1 Å². The summed E-state index contributed by atoms with van der Waals surface area (Å²) in [5, 5.41) is 13.1. The molecule has 0 spiro atoms. The predicted molar refractivity (Wildman–Crippen MR) is 103 cm³/mol. The minimum absolute atomic E-state index is 0. The molecule has 1 aromatic rings. The SMILES string of the molecule is COc1ccc(OC)c2c1CN(C(=O)CNC(=O)[C@@H](N)C(C)C)CC2O.Cl. The maximum Gasteiger partial charge on any atom is 0.242 e. The van der Waals surface area contributed by atoms with Gasteiger partial charge in [-0.15, -0.1) is 12.4 Å². The van der Waals surface area contributed by atoms with Crippen LogP contribution in [0.25, 0.3) is 0 Å². The van der Waals surface area contributed by atoms with Crippen LogP contribution in [0.5, 0.6) is 11.5 Å². The number of fused-ring (bicyclic) bond motifs is 1. The van der Waals surface area contributed by atoms with Crippen molar-refractivity contribution < 1.29 is 24.2 Å². The molecule has 0 saturated heterocycles. The van der Waals surface area contributed by atoms with Crippen LogP contribution in [-0.2, 0) is 16.1 Å². The Kier molecular flexibility index (Phi) is 8.33. The molecule has 8 nitrogen and oxygen atoms in total. The number of nitrogens with one attached hydrogen (secondary N) is 1. The van der Waals surface area contributed by atoms with Gasteiger partial charge in [0.1, 0.15) is 17.6 Å². The second-order valence-electron chi connectivity index (χ2n) is 6.64. The van der Waals surface area contributed by atoms with Crippen molar-refractivity contribution in [3.63, 3.8) is 0 Å². The van der Waals surface area contributed by atoms with E-state index in [0.717, 1.165) is 0 Å². The van der Waals surface area contributed by atoms with Crippen LogP contribution in [0, 0.1) is 5.92 Å². The Morgan fingerprint density at radius 2 is 1.89 bits per heavy atom. The first-order chi connectivity index (χ1) is 12.3. The van der Waals surface area contributed by atoms with Crippen LogP contribution in [0.4, 0.5) is 0 Å². The van der Waals surface area contributed by atoms with E-state index in [-0.39, 0.29) is 49.8 Å². The maximum atomic E-state index is 12.5. The van der Waals surface area contributed by atoms with Crippen LogP contribution in [0.3, 0.4) is 0 Å². The molecule has 0 aromatic heterocycles. The summed E-state index contributed by atoms with van der Waals surface area (Å²) in [5.74, 6) is 0.430. The number of aliphatic hydroxyl groups is 1. The highest BCUT2D eigenvalue weighted by Gasteiger charge is 2.32. The molecule has 4 N–H and O–H groups in total. The first-order valence-electron chi connectivity index (χ1n) is 8.53. The van der Waals surface area contributed by atoms with Crippen molar-refractivity contribution in [3.8, 4) is 11.5 Å². The molecule has 9 heteroatoms. The fourth-order valence-electron chi connectivity index (χ4n) is 2.96. The number of benzene rings is 1. The summed E-state index contributed by atoms with van der Waals surface area (Å²) in [4.78, 5) is 25.9. The molecule has 2 rings (SSSR count). The smallest absolute Gasteiger partial charge is 0.242 e. The monoisotopic (exact) mass is 401 g/mol. The molecule has 1 aliphatic heterocycles. The van der Waals surface area contributed by atoms with Crippen molar-refractivity contribution in [3.05, 3.63) is 23.3 Å². The van der Waals surface area contributed by atoms with Gasteiger partial charge in [-0.1, -0.05) is 13.8 Å². The van der Waals surface area contributed by atoms with E-state index in [0.29, 0.717) is 22.6 Å². The fraction of sp³-hybridized carbons (Fsp3) is 0.556. The molecule has 0 saturated carbocycles. The number of methoxy groups -OCH3 is 2. The lowest BCUT2D eigenvalue weighted by molar-refractivity contribution is -0.135. The summed E-state index contributed by atoms with van der Waals surface area (Å²) in [7, 11) is 3.06. The number of nitrogens with two attached hydrogens (primary N) is 1. The minimum Gasteiger partial charge on any atom is -0.496 e. The third kappa shape index (κ3) is 5.03. The molecule has 2 atom stereocenters. The van der Waals surface area contributed by atoms with E-state index in [2.05, 4.69) is 5.32 Å². The van der Waals surface area contributed by atoms with Crippen molar-refractivity contribution in [2.75, 3.05) is 27.3 Å². The number of rotatable bonds is 6. The topological polar surface area (TPSA) is 114 Å². The number of carbonyl (C=O) groups is 2. The first kappa shape index (κ1) is 23.0. The number of hydrogen-bond acceptors (Lipinski definition) is 6. The molecular weight excluding hydrogens is 374 g/mol. The van der Waals surface area contributed by atoms with Gasteiger partial charge in [-0.3, -0.25) is 9.59 Å². The second kappa shape index (κ2) is 9.77. The predicted octanol–water partition coefficient (Wildman–Crippen LogP) is 0.601. The van der Waals surface area contributed by atoms with E-state index >= 15 is 0 Å². The van der Waals surface area contributed by atoms with Gasteiger partial charge >= 0.3 is 0 Å². The second-order valence-corrected chi connectivity index (χ2v) is 6.64. The van der Waals surface area contributed by atoms with Crippen LogP contribution in [0.1, 0.15) is 31.1 Å². The highest BCUT2D eigenvalue weighted by atomic mass is 35.5. The highest BCUT2D eigenvalue weighted by molar-refractivity contribution is 5.87. The van der Waals surface area contributed by atoms with Gasteiger partial charge in [0.25, 0.3) is 0 Å². The molecule has 0 aliphatic carbocycles. The minimum atomic E-state index is -0.902. The molecule has 0 radical (unpaired) electrons. The van der Waals surface area contributed by atoms with Crippen molar-refractivity contribution in [2.45, 2.75) is 32.5 Å². The van der Waals surface area contributed by atoms with Gasteiger partial charge in [0.2, 0.25) is 11.8 Å². The van der Waals surface area contributed by atoms with Crippen molar-refractivity contribution in [1.29, 1.82) is 0 Å². The third-order valence-electron chi connectivity index (χ3n) is 4.58. The van der Waals surface area contributed by atoms with Crippen molar-refractivity contribution in [1.82, 2.24) is 10.2 Å². The quantitative estimate of drug-likeness (QED) is 0.643. The summed E-state index contributed by atoms with van der Waals surface area (Å²) >= 11 is 0. The number of ether oxygens (including phenoxy) is 2. The molecule has 2 amide bonds. The summed E-state index contributed by atoms with van der Waals surface area (Å²) < 4.78 is 10.7. The largest absolute Gasteiger partial charge is 0.496 e. The van der Waals surface area contributed by atoms with Crippen LogP contribution in [0.2, 0.25) is 0 Å². The number of amides is 2. The van der Waals surface area contributed by atoms with E-state index in [9.17, 15) is 14.7 Å². The summed E-state index contributed by atoms with van der Waals surface area (Å²) in [5.41, 5.74) is 7.10. The van der Waals surface area contributed by atoms with Gasteiger partial charge in [0, 0.05) is 17.7 Å². The third-order valence-corrected chi connectivity index (χ3v) is 4.58. The van der Waals surface area contributed by atoms with E-state index in [1.165, 1.54) is 19.1 Å². The van der Waals surface area contributed by atoms with Gasteiger partial charge in [-0.05, 0) is 18.1 Å². The number of nitrogens with zero attached hydrogens (tertiary/aromatic N) is 1. The lowest BCUT2D eigenvalue weighted by Gasteiger charge is -2.34. The molecular formula is C18H28ClN3O5. The first-order valence-corrected chi connectivity index (χ1v) is 8.53. The van der Waals surface area contributed by atoms with Gasteiger partial charge in [-0.2, -0.15) is 0 Å². The highest BCUT2D eigenvalue weighted by Crippen LogP contribution is 2.39. The fourth-order valence-corrected chi connectivity index (χ4v) is 2.96. The number of aliphatic hydroxyl groups excluding tert-OH is 1. The van der Waals surface area contributed by atoms with Gasteiger partial charge < -0.3 is 30.5 Å². The standard InChI is InChI=1S/C18H27N3O5.ClH/c1-10(2)17(19)18(24)20-7-15(23)21-8-11-13(25-3)5-6-14(26-4)16(11)12(22)9-21;/h5-6,10,12,17,22H,7-9,19H2,1-4H3,(H,20,24);1H/t12?,17-;/m0./s1. The number of hydrogen-bond donors (Lipinski definition) is 3. The summed E-state index contributed by atoms with van der Waals surface area (Å²) in [6.07, 6.45) is -0.902. The Balaban J connectivity index is 0.00000364. The van der Waals surface area contributed by atoms with E-state index in [1.54, 1.807) is 12.1 Å². The maximum absolute atomic E-state index is 12.5. The molecule has 152 valence electrons. The lowest BCUT2D eigenvalue weighted by Crippen LogP contribution is -2.49. The molecule has 27 heavy (non-hydrogen) atoms. The molecule has 0 bridgehead atoms. The number of β-amino-alcohol motifs (C(OH)–C–C–N with tert-alkyl or cyclic N) is 1. The Morgan fingerprint density at radius 3 is 2.44 bits per heavy atom. The zero-order valence-electron chi connectivity index (χ0n) is 16.0. The van der Waals surface area contributed by atoms with Gasteiger partial charge in [0.05, 0.1) is 33.4 Å². The summed E-state index contributed by atoms with van der Waals surface area (Å²) in [6.45, 7) is 3.88. The normalized spacial score (nSPS) is 16.9. The van der Waals surface area contributed by atoms with Crippen LogP contribution >= 0.6 is 12.4 Å². The van der Waals surface area contributed by atoms with Gasteiger partial charge in [0.15, 0.2) is 0 Å². The molecule has 1 aliphatic rings. The Hall–Kier alpha value is -2.03. The van der Waals surface area contributed by atoms with E-state index in [1.807, 2.05) is 13.8 Å². The number of carbonyl (C=O) groups excluding carboxylic acids is 2. The van der Waals surface area contributed by atoms with Crippen molar-refractivity contribution in [2.24, 2.45) is 11.7 Å². The van der Waals surface area contributed by atoms with Crippen LogP contribution in [0.15, 0.2) is 12.1 Å². The molecule has 0 fully saturated rings. The summed E-state index contributed by atoms with van der Waals surface area (Å²) in [6, 6.07) is 2.80. The average Bonchev–Trinajstić information content (AvgIpc) is 2.63. The van der Waals surface area contributed by atoms with Crippen molar-refractivity contribution >= 4 is 24.2 Å². The number of halogens is 1. The Labute approximate surface area is 165 Å². The Bertz CT molecular complexity index is 683. The Morgan fingerprint density at radius 1 is 1.30 bits per heavy atom.